The molecule has 0 saturated heterocycles. The minimum absolute atomic E-state index is 0.347. The molecule has 6 heteroatoms. The fourth-order valence-electron chi connectivity index (χ4n) is 1.40. The highest BCUT2D eigenvalue weighted by molar-refractivity contribution is 9.10. The van der Waals surface area contributed by atoms with E-state index in [9.17, 15) is 9.59 Å². The molecule has 17 heavy (non-hydrogen) atoms. The van der Waals surface area contributed by atoms with Crippen molar-refractivity contribution in [2.75, 3.05) is 0 Å². The molecule has 1 atom stereocenters. The summed E-state index contributed by atoms with van der Waals surface area (Å²) in [5.41, 5.74) is 0.347. The van der Waals surface area contributed by atoms with Gasteiger partial charge < -0.3 is 15.4 Å². The third-order valence-corrected chi connectivity index (χ3v) is 2.80. The largest absolute Gasteiger partial charge is 0.480 e. The summed E-state index contributed by atoms with van der Waals surface area (Å²) in [6.45, 7) is 1.98. The number of nitrogens with one attached hydrogen (secondary N) is 2. The van der Waals surface area contributed by atoms with Crippen LogP contribution in [0, 0.1) is 0 Å². The molecular weight excluding hydrogens is 288 g/mol. The second-order valence-electron chi connectivity index (χ2n) is 3.74. The maximum Gasteiger partial charge on any atom is 0.326 e. The van der Waals surface area contributed by atoms with E-state index in [1.807, 2.05) is 6.92 Å². The number of aliphatic carboxylic acids is 1. The van der Waals surface area contributed by atoms with Crippen molar-refractivity contribution in [3.05, 3.63) is 22.4 Å². The molecule has 5 nitrogen and oxygen atoms in total. The smallest absolute Gasteiger partial charge is 0.326 e. The molecule has 0 bridgehead atoms. The van der Waals surface area contributed by atoms with Crippen molar-refractivity contribution in [3.8, 4) is 0 Å². The first-order valence-corrected chi connectivity index (χ1v) is 6.21. The molecule has 0 fully saturated rings. The second-order valence-corrected chi connectivity index (χ2v) is 4.65. The van der Waals surface area contributed by atoms with Gasteiger partial charge in [0.1, 0.15) is 11.7 Å². The Morgan fingerprint density at radius 3 is 2.76 bits per heavy atom. The maximum absolute atomic E-state index is 11.7. The summed E-state index contributed by atoms with van der Waals surface area (Å²) >= 11 is 3.21. The molecular formula is C11H15BrN2O3. The normalized spacial score (nSPS) is 12.1. The molecule has 0 radical (unpaired) electrons. The number of carboxylic acid groups (broad SMARTS) is 1. The van der Waals surface area contributed by atoms with Gasteiger partial charge in [0.2, 0.25) is 0 Å². The van der Waals surface area contributed by atoms with Crippen LogP contribution in [0.2, 0.25) is 0 Å². The Bertz CT molecular complexity index is 403. The Hall–Kier alpha value is -1.30. The van der Waals surface area contributed by atoms with E-state index in [0.29, 0.717) is 12.1 Å². The molecule has 1 amide bonds. The summed E-state index contributed by atoms with van der Waals surface area (Å²) in [6.07, 6.45) is 3.73. The van der Waals surface area contributed by atoms with Gasteiger partial charge in [-0.3, -0.25) is 4.79 Å². The topological polar surface area (TPSA) is 82.2 Å². The zero-order valence-electron chi connectivity index (χ0n) is 9.50. The highest BCUT2D eigenvalue weighted by atomic mass is 79.9. The van der Waals surface area contributed by atoms with Gasteiger partial charge in [0.25, 0.3) is 5.91 Å². The van der Waals surface area contributed by atoms with Gasteiger partial charge in [0.05, 0.1) is 0 Å². The lowest BCUT2D eigenvalue weighted by molar-refractivity contribution is -0.139. The number of halogens is 1. The highest BCUT2D eigenvalue weighted by Gasteiger charge is 2.20. The van der Waals surface area contributed by atoms with Crippen LogP contribution >= 0.6 is 15.9 Å². The molecule has 1 aromatic rings. The second kappa shape index (κ2) is 6.44. The zero-order valence-corrected chi connectivity index (χ0v) is 11.1. The summed E-state index contributed by atoms with van der Waals surface area (Å²) in [4.78, 5) is 25.4. The zero-order chi connectivity index (χ0) is 12.8. The van der Waals surface area contributed by atoms with Crippen LogP contribution in [0.3, 0.4) is 0 Å². The van der Waals surface area contributed by atoms with Crippen molar-refractivity contribution < 1.29 is 14.7 Å². The average molecular weight is 303 g/mol. The maximum atomic E-state index is 11.7. The van der Waals surface area contributed by atoms with Crippen LogP contribution in [0.4, 0.5) is 0 Å². The van der Waals surface area contributed by atoms with E-state index >= 15 is 0 Å². The molecule has 0 aliphatic rings. The van der Waals surface area contributed by atoms with Crippen molar-refractivity contribution in [2.45, 2.75) is 32.2 Å². The lowest BCUT2D eigenvalue weighted by Gasteiger charge is -2.13. The summed E-state index contributed by atoms with van der Waals surface area (Å²) in [7, 11) is 0. The number of hydrogen-bond donors (Lipinski definition) is 3. The van der Waals surface area contributed by atoms with Crippen molar-refractivity contribution in [1.29, 1.82) is 0 Å². The number of unbranched alkanes of at least 4 members (excludes halogenated alkanes) is 1. The fraction of sp³-hybridized carbons (Fsp3) is 0.455. The van der Waals surface area contributed by atoms with Gasteiger partial charge in [-0.05, 0) is 28.4 Å². The fourth-order valence-corrected chi connectivity index (χ4v) is 1.74. The third-order valence-electron chi connectivity index (χ3n) is 2.34. The predicted octanol–water partition coefficient (Wildman–Crippen LogP) is 2.15. The van der Waals surface area contributed by atoms with Crippen molar-refractivity contribution in [3.63, 3.8) is 0 Å². The standard InChI is InChI=1S/C11H15BrN2O3/c1-2-3-4-8(11(16)17)14-10(15)9-5-7(12)6-13-9/h5-6,8,13H,2-4H2,1H3,(H,14,15)(H,16,17)/t8-/m0/s1. The number of H-pyrrole nitrogens is 1. The first-order valence-electron chi connectivity index (χ1n) is 5.42. The number of aromatic nitrogens is 1. The van der Waals surface area contributed by atoms with E-state index in [-0.39, 0.29) is 0 Å². The Labute approximate surface area is 108 Å². The lowest BCUT2D eigenvalue weighted by Crippen LogP contribution is -2.40. The quantitative estimate of drug-likeness (QED) is 0.753. The summed E-state index contributed by atoms with van der Waals surface area (Å²) in [5, 5.41) is 11.5. The van der Waals surface area contributed by atoms with Crippen molar-refractivity contribution in [2.24, 2.45) is 0 Å². The van der Waals surface area contributed by atoms with E-state index in [0.717, 1.165) is 17.3 Å². The van der Waals surface area contributed by atoms with Crippen LogP contribution in [0.5, 0.6) is 0 Å². The summed E-state index contributed by atoms with van der Waals surface area (Å²) in [5.74, 6) is -1.41. The number of carbonyl (C=O) groups excluding carboxylic acids is 1. The summed E-state index contributed by atoms with van der Waals surface area (Å²) < 4.78 is 0.753. The Morgan fingerprint density at radius 2 is 2.29 bits per heavy atom. The minimum Gasteiger partial charge on any atom is -0.480 e. The number of rotatable bonds is 6. The Morgan fingerprint density at radius 1 is 1.59 bits per heavy atom. The third kappa shape index (κ3) is 4.22. The molecule has 0 spiro atoms. The van der Waals surface area contributed by atoms with Gasteiger partial charge in [0.15, 0.2) is 0 Å². The van der Waals surface area contributed by atoms with Crippen LogP contribution in [-0.4, -0.2) is 28.0 Å². The number of carbonyl (C=O) groups is 2. The molecule has 1 aromatic heterocycles. The van der Waals surface area contributed by atoms with E-state index < -0.39 is 17.9 Å². The summed E-state index contributed by atoms with van der Waals surface area (Å²) in [6, 6.07) is 0.776. The van der Waals surface area contributed by atoms with Gasteiger partial charge >= 0.3 is 5.97 Å². The first-order chi connectivity index (χ1) is 8.04. The molecule has 3 N–H and O–H groups in total. The molecule has 0 aliphatic heterocycles. The van der Waals surface area contributed by atoms with Gasteiger partial charge in [-0.2, -0.15) is 0 Å². The van der Waals surface area contributed by atoms with Crippen molar-refractivity contribution >= 4 is 27.8 Å². The molecule has 1 heterocycles. The Kier molecular flexibility index (Phi) is 5.21. The molecule has 0 unspecified atom stereocenters. The number of hydrogen-bond acceptors (Lipinski definition) is 2. The van der Waals surface area contributed by atoms with Gasteiger partial charge in [0, 0.05) is 10.7 Å². The highest BCUT2D eigenvalue weighted by Crippen LogP contribution is 2.11. The lowest BCUT2D eigenvalue weighted by atomic mass is 10.1. The van der Waals surface area contributed by atoms with Crippen LogP contribution in [0.15, 0.2) is 16.7 Å². The minimum atomic E-state index is -1.00. The molecule has 0 aliphatic carbocycles. The average Bonchev–Trinajstić information content (AvgIpc) is 2.70. The van der Waals surface area contributed by atoms with Crippen LogP contribution < -0.4 is 5.32 Å². The number of carboxylic acids is 1. The van der Waals surface area contributed by atoms with Crippen molar-refractivity contribution in [1.82, 2.24) is 10.3 Å². The first kappa shape index (κ1) is 13.8. The van der Waals surface area contributed by atoms with E-state index in [4.69, 9.17) is 5.11 Å². The molecule has 0 saturated carbocycles. The Balaban J connectivity index is 2.60. The van der Waals surface area contributed by atoms with Crippen LogP contribution in [0.1, 0.15) is 36.7 Å². The monoisotopic (exact) mass is 302 g/mol. The van der Waals surface area contributed by atoms with E-state index in [2.05, 4.69) is 26.2 Å². The SMILES string of the molecule is CCCC[C@H](NC(=O)c1cc(Br)c[nH]1)C(=O)O. The number of aromatic amines is 1. The molecule has 94 valence electrons. The van der Waals surface area contributed by atoms with Crippen LogP contribution in [0.25, 0.3) is 0 Å². The number of amides is 1. The van der Waals surface area contributed by atoms with E-state index in [1.165, 1.54) is 0 Å². The molecule has 1 rings (SSSR count). The molecule has 0 aromatic carbocycles. The predicted molar refractivity (Wildman–Crippen MR) is 66.9 cm³/mol. The van der Waals surface area contributed by atoms with Crippen LogP contribution in [-0.2, 0) is 4.79 Å². The van der Waals surface area contributed by atoms with Gasteiger partial charge in [-0.25, -0.2) is 4.79 Å². The van der Waals surface area contributed by atoms with E-state index in [1.54, 1.807) is 12.3 Å². The van der Waals surface area contributed by atoms with Gasteiger partial charge in [-0.15, -0.1) is 0 Å². The van der Waals surface area contributed by atoms with Gasteiger partial charge in [-0.1, -0.05) is 19.8 Å².